The number of hydrogen-bond donors (Lipinski definition) is 0. The van der Waals surface area contributed by atoms with Crippen LogP contribution in [0.15, 0.2) is 18.2 Å². The fourth-order valence-electron chi connectivity index (χ4n) is 2.47. The number of rotatable bonds is 8. The van der Waals surface area contributed by atoms with Crippen LogP contribution in [0.2, 0.25) is 0 Å². The van der Waals surface area contributed by atoms with Crippen LogP contribution in [0.3, 0.4) is 0 Å². The molecule has 0 saturated heterocycles. The van der Waals surface area contributed by atoms with Gasteiger partial charge >= 0.3 is 0 Å². The lowest BCUT2D eigenvalue weighted by Gasteiger charge is -2.31. The van der Waals surface area contributed by atoms with Gasteiger partial charge in [-0.2, -0.15) is 5.26 Å². The Bertz CT molecular complexity index is 464. The van der Waals surface area contributed by atoms with Gasteiger partial charge in [0.25, 0.3) is 0 Å². The first kappa shape index (κ1) is 17.0. The number of alkyl halides is 1. The van der Waals surface area contributed by atoms with E-state index in [4.69, 9.17) is 10.00 Å². The molecule has 0 atom stereocenters. The maximum Gasteiger partial charge on any atom is 0.144 e. The van der Waals surface area contributed by atoms with E-state index in [1.165, 1.54) is 6.07 Å². The summed E-state index contributed by atoms with van der Waals surface area (Å²) in [6.07, 6.45) is 4.24. The molecule has 0 N–H and O–H groups in total. The fourth-order valence-corrected chi connectivity index (χ4v) is 3.19. The van der Waals surface area contributed by atoms with E-state index in [0.29, 0.717) is 12.4 Å². The number of nitriles is 1. The van der Waals surface area contributed by atoms with Crippen LogP contribution in [0.25, 0.3) is 0 Å². The van der Waals surface area contributed by atoms with E-state index < -0.39 is 5.82 Å². The fraction of sp³-hybridized carbons (Fsp3) is 0.562. The summed E-state index contributed by atoms with van der Waals surface area (Å²) >= 11 is 3.58. The van der Waals surface area contributed by atoms with Crippen molar-refractivity contribution in [3.8, 4) is 11.8 Å². The third-order valence-electron chi connectivity index (χ3n) is 3.47. The highest BCUT2D eigenvalue weighted by molar-refractivity contribution is 9.09. The van der Waals surface area contributed by atoms with Gasteiger partial charge in [-0.05, 0) is 25.0 Å². The summed E-state index contributed by atoms with van der Waals surface area (Å²) in [4.78, 5) is 0. The van der Waals surface area contributed by atoms with Gasteiger partial charge in [0.2, 0.25) is 0 Å². The predicted octanol–water partition coefficient (Wildman–Crippen LogP) is 5.06. The number of benzene rings is 1. The van der Waals surface area contributed by atoms with Crippen LogP contribution in [0.1, 0.15) is 45.1 Å². The van der Waals surface area contributed by atoms with Gasteiger partial charge in [0, 0.05) is 10.7 Å². The van der Waals surface area contributed by atoms with Crippen LogP contribution in [0.5, 0.6) is 5.75 Å². The van der Waals surface area contributed by atoms with Crippen LogP contribution in [-0.4, -0.2) is 11.9 Å². The molecule has 1 aromatic carbocycles. The largest absolute Gasteiger partial charge is 0.491 e. The molecule has 1 aromatic rings. The third kappa shape index (κ3) is 4.21. The Kier molecular flexibility index (Phi) is 7.01. The highest BCUT2D eigenvalue weighted by atomic mass is 79.9. The number of ether oxygens (including phenoxy) is 1. The Morgan fingerprint density at radius 3 is 2.45 bits per heavy atom. The van der Waals surface area contributed by atoms with Crippen LogP contribution in [0.4, 0.5) is 4.39 Å². The quantitative estimate of drug-likeness (QED) is 0.619. The zero-order valence-corrected chi connectivity index (χ0v) is 13.7. The molecule has 110 valence electrons. The number of halogens is 2. The maximum atomic E-state index is 13.5. The van der Waals surface area contributed by atoms with Crippen molar-refractivity contribution in [2.75, 3.05) is 11.9 Å². The van der Waals surface area contributed by atoms with Gasteiger partial charge in [-0.3, -0.25) is 0 Å². The van der Waals surface area contributed by atoms with Crippen molar-refractivity contribution in [1.29, 1.82) is 5.26 Å². The minimum Gasteiger partial charge on any atom is -0.491 e. The van der Waals surface area contributed by atoms with Gasteiger partial charge in [-0.15, -0.1) is 0 Å². The monoisotopic (exact) mass is 341 g/mol. The summed E-state index contributed by atoms with van der Waals surface area (Å²) in [5.74, 6) is -0.189. The predicted molar refractivity (Wildman–Crippen MR) is 82.7 cm³/mol. The average Bonchev–Trinajstić information content (AvgIpc) is 2.45. The van der Waals surface area contributed by atoms with Gasteiger partial charge in [0.15, 0.2) is 0 Å². The van der Waals surface area contributed by atoms with Crippen molar-refractivity contribution >= 4 is 15.9 Å². The Morgan fingerprint density at radius 2 is 1.95 bits per heavy atom. The van der Waals surface area contributed by atoms with Crippen LogP contribution >= 0.6 is 15.9 Å². The number of hydrogen-bond acceptors (Lipinski definition) is 2. The molecule has 0 bridgehead atoms. The van der Waals surface area contributed by atoms with Crippen molar-refractivity contribution in [3.05, 3.63) is 29.6 Å². The molecule has 1 rings (SSSR count). The molecular weight excluding hydrogens is 321 g/mol. The molecule has 0 saturated carbocycles. The van der Waals surface area contributed by atoms with Crippen molar-refractivity contribution in [2.45, 2.75) is 39.5 Å². The highest BCUT2D eigenvalue weighted by Crippen LogP contribution is 2.33. The van der Waals surface area contributed by atoms with Crippen molar-refractivity contribution in [3.63, 3.8) is 0 Å². The van der Waals surface area contributed by atoms with E-state index in [1.807, 2.05) is 6.07 Å². The molecule has 2 nitrogen and oxygen atoms in total. The Morgan fingerprint density at radius 1 is 1.30 bits per heavy atom. The Hall–Kier alpha value is -1.08. The lowest BCUT2D eigenvalue weighted by Crippen LogP contribution is -2.30. The lowest BCUT2D eigenvalue weighted by atomic mass is 9.82. The molecule has 0 unspecified atom stereocenters. The zero-order valence-electron chi connectivity index (χ0n) is 12.1. The highest BCUT2D eigenvalue weighted by Gasteiger charge is 2.28. The summed E-state index contributed by atoms with van der Waals surface area (Å²) in [6, 6.07) is 6.37. The smallest absolute Gasteiger partial charge is 0.144 e. The first-order chi connectivity index (χ1) is 9.62. The lowest BCUT2D eigenvalue weighted by molar-refractivity contribution is 0.144. The number of nitrogens with zero attached hydrogens (tertiary/aromatic N) is 1. The van der Waals surface area contributed by atoms with Crippen molar-refractivity contribution in [1.82, 2.24) is 0 Å². The van der Waals surface area contributed by atoms with Crippen LogP contribution in [0, 0.1) is 22.6 Å². The summed E-state index contributed by atoms with van der Waals surface area (Å²) in [6.45, 7) is 4.80. The van der Waals surface area contributed by atoms with E-state index >= 15 is 0 Å². The van der Waals surface area contributed by atoms with Gasteiger partial charge in [-0.25, -0.2) is 4.39 Å². The SMILES string of the molecule is CCCC(CBr)(CCC)COc1cccc(F)c1C#N. The molecule has 0 fully saturated rings. The molecule has 0 aromatic heterocycles. The minimum atomic E-state index is -0.527. The molecule has 0 heterocycles. The normalized spacial score (nSPS) is 11.2. The van der Waals surface area contributed by atoms with Crippen LogP contribution < -0.4 is 4.74 Å². The summed E-state index contributed by atoms with van der Waals surface area (Å²) in [5.41, 5.74) is 0.0340. The molecule has 0 aliphatic rings. The topological polar surface area (TPSA) is 33.0 Å². The molecule has 20 heavy (non-hydrogen) atoms. The van der Waals surface area contributed by atoms with E-state index in [1.54, 1.807) is 12.1 Å². The molecule has 0 aliphatic heterocycles. The molecular formula is C16H21BrFNO. The molecule has 0 radical (unpaired) electrons. The minimum absolute atomic E-state index is 0.0102. The molecule has 0 aliphatic carbocycles. The molecule has 4 heteroatoms. The van der Waals surface area contributed by atoms with E-state index in [2.05, 4.69) is 29.8 Å². The standard InChI is InChI=1S/C16H21BrFNO/c1-3-8-16(11-17,9-4-2)12-20-15-7-5-6-14(18)13(15)10-19/h5-7H,3-4,8-9,11-12H2,1-2H3. The van der Waals surface area contributed by atoms with E-state index in [0.717, 1.165) is 31.0 Å². The van der Waals surface area contributed by atoms with Gasteiger partial charge in [0.05, 0.1) is 6.61 Å². The first-order valence-corrected chi connectivity index (χ1v) is 8.12. The van der Waals surface area contributed by atoms with Gasteiger partial charge < -0.3 is 4.74 Å². The van der Waals surface area contributed by atoms with Crippen LogP contribution in [-0.2, 0) is 0 Å². The van der Waals surface area contributed by atoms with Gasteiger partial charge in [0.1, 0.15) is 23.2 Å². The van der Waals surface area contributed by atoms with E-state index in [-0.39, 0.29) is 11.0 Å². The average molecular weight is 342 g/mol. The summed E-state index contributed by atoms with van der Waals surface area (Å²) in [5, 5.41) is 9.86. The second-order valence-electron chi connectivity index (χ2n) is 5.15. The van der Waals surface area contributed by atoms with E-state index in [9.17, 15) is 4.39 Å². The molecule has 0 amide bonds. The maximum absolute atomic E-state index is 13.5. The summed E-state index contributed by atoms with van der Waals surface area (Å²) < 4.78 is 19.3. The second kappa shape index (κ2) is 8.26. The van der Waals surface area contributed by atoms with Crippen molar-refractivity contribution in [2.24, 2.45) is 5.41 Å². The first-order valence-electron chi connectivity index (χ1n) is 7.00. The zero-order chi connectivity index (χ0) is 15.0. The van der Waals surface area contributed by atoms with Crippen molar-refractivity contribution < 1.29 is 9.13 Å². The second-order valence-corrected chi connectivity index (χ2v) is 5.71. The molecule has 0 spiro atoms. The Balaban J connectivity index is 2.88. The Labute approximate surface area is 129 Å². The summed E-state index contributed by atoms with van der Waals surface area (Å²) in [7, 11) is 0. The van der Waals surface area contributed by atoms with Gasteiger partial charge in [-0.1, -0.05) is 48.7 Å². The third-order valence-corrected chi connectivity index (χ3v) is 4.65.